The van der Waals surface area contributed by atoms with E-state index in [-0.39, 0.29) is 29.8 Å². The van der Waals surface area contributed by atoms with Crippen molar-refractivity contribution in [3.05, 3.63) is 70.8 Å². The molecule has 2 aliphatic rings. The molecule has 1 aliphatic heterocycles. The Labute approximate surface area is 163 Å². The second-order valence-electron chi connectivity index (χ2n) is 7.79. The molecule has 1 atom stereocenters. The first-order valence-corrected chi connectivity index (χ1v) is 9.50. The third-order valence-corrected chi connectivity index (χ3v) is 5.72. The highest BCUT2D eigenvalue weighted by Crippen LogP contribution is 2.39. The summed E-state index contributed by atoms with van der Waals surface area (Å²) in [5, 5.41) is 3.02. The SMILES string of the molecule is CC(CN)(NC(=O)c1ccc2c(c1)C(=O)N(Cc1ccccc1)C2=O)C1CC1. The van der Waals surface area contributed by atoms with E-state index in [1.54, 1.807) is 12.1 Å². The van der Waals surface area contributed by atoms with Gasteiger partial charge in [-0.15, -0.1) is 0 Å². The maximum absolute atomic E-state index is 12.8. The molecule has 1 unspecified atom stereocenters. The summed E-state index contributed by atoms with van der Waals surface area (Å²) in [6.45, 7) is 2.52. The smallest absolute Gasteiger partial charge is 0.261 e. The second-order valence-corrected chi connectivity index (χ2v) is 7.79. The summed E-state index contributed by atoms with van der Waals surface area (Å²) in [6, 6.07) is 14.0. The van der Waals surface area contributed by atoms with E-state index >= 15 is 0 Å². The van der Waals surface area contributed by atoms with Crippen LogP contribution in [0.25, 0.3) is 0 Å². The molecule has 0 spiro atoms. The van der Waals surface area contributed by atoms with Gasteiger partial charge in [0.25, 0.3) is 17.7 Å². The average molecular weight is 377 g/mol. The van der Waals surface area contributed by atoms with Crippen LogP contribution < -0.4 is 11.1 Å². The number of fused-ring (bicyclic) bond motifs is 1. The highest BCUT2D eigenvalue weighted by Gasteiger charge is 2.42. The maximum atomic E-state index is 12.8. The number of hydrogen-bond donors (Lipinski definition) is 2. The van der Waals surface area contributed by atoms with Crippen LogP contribution in [0.5, 0.6) is 0 Å². The van der Waals surface area contributed by atoms with Crippen LogP contribution in [0.1, 0.15) is 56.4 Å². The number of carbonyl (C=O) groups excluding carboxylic acids is 3. The van der Waals surface area contributed by atoms with E-state index in [9.17, 15) is 14.4 Å². The number of benzene rings is 2. The molecule has 6 nitrogen and oxygen atoms in total. The highest BCUT2D eigenvalue weighted by molar-refractivity contribution is 6.22. The first-order valence-electron chi connectivity index (χ1n) is 9.50. The number of carbonyl (C=O) groups is 3. The van der Waals surface area contributed by atoms with Crippen LogP contribution in [0.15, 0.2) is 48.5 Å². The molecule has 28 heavy (non-hydrogen) atoms. The van der Waals surface area contributed by atoms with Crippen LogP contribution in [0.4, 0.5) is 0 Å². The van der Waals surface area contributed by atoms with Crippen LogP contribution in [-0.4, -0.2) is 34.7 Å². The molecule has 1 fully saturated rings. The van der Waals surface area contributed by atoms with Gasteiger partial charge < -0.3 is 11.1 Å². The molecule has 144 valence electrons. The molecular weight excluding hydrogens is 354 g/mol. The van der Waals surface area contributed by atoms with Crippen LogP contribution in [0.3, 0.4) is 0 Å². The Balaban J connectivity index is 1.56. The Hall–Kier alpha value is -2.99. The minimum absolute atomic E-state index is 0.210. The fourth-order valence-corrected chi connectivity index (χ4v) is 3.71. The quantitative estimate of drug-likeness (QED) is 0.756. The number of nitrogens with one attached hydrogen (secondary N) is 1. The van der Waals surface area contributed by atoms with Crippen LogP contribution in [0, 0.1) is 5.92 Å². The Morgan fingerprint density at radius 1 is 1.11 bits per heavy atom. The van der Waals surface area contributed by atoms with Crippen molar-refractivity contribution in [3.8, 4) is 0 Å². The summed E-state index contributed by atoms with van der Waals surface area (Å²) in [5.41, 5.74) is 7.27. The number of nitrogens with zero attached hydrogens (tertiary/aromatic N) is 1. The number of hydrogen-bond acceptors (Lipinski definition) is 4. The largest absolute Gasteiger partial charge is 0.345 e. The molecule has 4 rings (SSSR count). The van der Waals surface area contributed by atoms with E-state index in [2.05, 4.69) is 5.32 Å². The fraction of sp³-hybridized carbons (Fsp3) is 0.318. The number of amides is 3. The molecule has 0 radical (unpaired) electrons. The molecule has 2 aromatic carbocycles. The summed E-state index contributed by atoms with van der Waals surface area (Å²) < 4.78 is 0. The van der Waals surface area contributed by atoms with Gasteiger partial charge >= 0.3 is 0 Å². The zero-order valence-electron chi connectivity index (χ0n) is 15.8. The molecule has 0 saturated heterocycles. The monoisotopic (exact) mass is 377 g/mol. The lowest BCUT2D eigenvalue weighted by molar-refractivity contribution is 0.0642. The van der Waals surface area contributed by atoms with Gasteiger partial charge in [0.15, 0.2) is 0 Å². The number of rotatable bonds is 6. The van der Waals surface area contributed by atoms with E-state index in [4.69, 9.17) is 5.73 Å². The Morgan fingerprint density at radius 2 is 1.79 bits per heavy atom. The van der Waals surface area contributed by atoms with Gasteiger partial charge in [0.2, 0.25) is 0 Å². The van der Waals surface area contributed by atoms with Gasteiger partial charge in [-0.3, -0.25) is 19.3 Å². The van der Waals surface area contributed by atoms with Crippen molar-refractivity contribution in [3.63, 3.8) is 0 Å². The molecule has 1 aliphatic carbocycles. The molecular formula is C22H23N3O3. The van der Waals surface area contributed by atoms with Crippen molar-refractivity contribution in [2.75, 3.05) is 6.54 Å². The van der Waals surface area contributed by atoms with Crippen molar-refractivity contribution in [2.45, 2.75) is 31.8 Å². The predicted molar refractivity (Wildman–Crippen MR) is 105 cm³/mol. The summed E-state index contributed by atoms with van der Waals surface area (Å²) in [6.07, 6.45) is 2.11. The minimum Gasteiger partial charge on any atom is -0.345 e. The zero-order chi connectivity index (χ0) is 19.9. The predicted octanol–water partition coefficient (Wildman–Crippen LogP) is 2.34. The van der Waals surface area contributed by atoms with Crippen molar-refractivity contribution in [1.82, 2.24) is 10.2 Å². The van der Waals surface area contributed by atoms with Crippen molar-refractivity contribution < 1.29 is 14.4 Å². The normalized spacial score (nSPS) is 18.0. The van der Waals surface area contributed by atoms with Gasteiger partial charge in [0.05, 0.1) is 23.2 Å². The minimum atomic E-state index is -0.449. The van der Waals surface area contributed by atoms with Gasteiger partial charge in [0.1, 0.15) is 0 Å². The molecule has 0 aromatic heterocycles. The van der Waals surface area contributed by atoms with Crippen molar-refractivity contribution in [1.29, 1.82) is 0 Å². The fourth-order valence-electron chi connectivity index (χ4n) is 3.71. The zero-order valence-corrected chi connectivity index (χ0v) is 15.8. The molecule has 1 heterocycles. The van der Waals surface area contributed by atoms with Gasteiger partial charge in [-0.2, -0.15) is 0 Å². The van der Waals surface area contributed by atoms with E-state index in [1.165, 1.54) is 11.0 Å². The van der Waals surface area contributed by atoms with E-state index in [0.717, 1.165) is 18.4 Å². The lowest BCUT2D eigenvalue weighted by atomic mass is 9.95. The van der Waals surface area contributed by atoms with Gasteiger partial charge in [-0.05, 0) is 49.4 Å². The first-order chi connectivity index (χ1) is 13.4. The lowest BCUT2D eigenvalue weighted by Gasteiger charge is -2.29. The van der Waals surface area contributed by atoms with E-state index < -0.39 is 5.54 Å². The van der Waals surface area contributed by atoms with Crippen molar-refractivity contribution >= 4 is 17.7 Å². The number of imide groups is 1. The number of nitrogens with two attached hydrogens (primary N) is 1. The summed E-state index contributed by atoms with van der Waals surface area (Å²) in [4.78, 5) is 39.4. The maximum Gasteiger partial charge on any atom is 0.261 e. The molecule has 1 saturated carbocycles. The van der Waals surface area contributed by atoms with E-state index in [0.29, 0.717) is 23.6 Å². The average Bonchev–Trinajstić information content (AvgIpc) is 3.54. The van der Waals surface area contributed by atoms with Crippen LogP contribution >= 0.6 is 0 Å². The summed E-state index contributed by atoms with van der Waals surface area (Å²) >= 11 is 0. The third kappa shape index (κ3) is 3.20. The van der Waals surface area contributed by atoms with Gasteiger partial charge in [0, 0.05) is 12.1 Å². The van der Waals surface area contributed by atoms with Crippen molar-refractivity contribution in [2.24, 2.45) is 11.7 Å². The molecule has 3 N–H and O–H groups in total. The molecule has 6 heteroatoms. The van der Waals surface area contributed by atoms with Gasteiger partial charge in [-0.1, -0.05) is 30.3 Å². The summed E-state index contributed by atoms with van der Waals surface area (Å²) in [7, 11) is 0. The highest BCUT2D eigenvalue weighted by atomic mass is 16.2. The molecule has 2 aromatic rings. The first kappa shape index (κ1) is 18.4. The van der Waals surface area contributed by atoms with Crippen LogP contribution in [-0.2, 0) is 6.54 Å². The van der Waals surface area contributed by atoms with Crippen LogP contribution in [0.2, 0.25) is 0 Å². The lowest BCUT2D eigenvalue weighted by Crippen LogP contribution is -2.53. The topological polar surface area (TPSA) is 92.5 Å². The molecule has 3 amide bonds. The molecule has 0 bridgehead atoms. The Bertz CT molecular complexity index is 953. The Morgan fingerprint density at radius 3 is 2.43 bits per heavy atom. The second kappa shape index (κ2) is 6.87. The van der Waals surface area contributed by atoms with E-state index in [1.807, 2.05) is 37.3 Å². The standard InChI is InChI=1S/C22H23N3O3/c1-22(13-23,16-8-9-16)24-19(26)15-7-10-17-18(11-15)21(28)25(20(17)27)12-14-5-3-2-4-6-14/h2-7,10-11,16H,8-9,12-13,23H2,1H3,(H,24,26). The van der Waals surface area contributed by atoms with Gasteiger partial charge in [-0.25, -0.2) is 0 Å². The Kier molecular flexibility index (Phi) is 4.51. The summed E-state index contributed by atoms with van der Waals surface area (Å²) in [5.74, 6) is -0.590. The third-order valence-electron chi connectivity index (χ3n) is 5.72.